The van der Waals surface area contributed by atoms with Crippen LogP contribution in [0.2, 0.25) is 0 Å². The highest BCUT2D eigenvalue weighted by atomic mass is 79.9. The predicted molar refractivity (Wildman–Crippen MR) is 76.6 cm³/mol. The summed E-state index contributed by atoms with van der Waals surface area (Å²) in [4.78, 5) is 4.09. The molecule has 0 saturated heterocycles. The van der Waals surface area contributed by atoms with Crippen molar-refractivity contribution in [2.75, 3.05) is 5.73 Å². The van der Waals surface area contributed by atoms with Crippen LogP contribution in [0, 0.1) is 0 Å². The lowest BCUT2D eigenvalue weighted by atomic mass is 10.0. The van der Waals surface area contributed by atoms with E-state index in [-0.39, 0.29) is 0 Å². The van der Waals surface area contributed by atoms with Crippen LogP contribution in [0.5, 0.6) is 0 Å². The molecular weight excluding hydrogens is 349 g/mol. The molecule has 108 valence electrons. The van der Waals surface area contributed by atoms with Gasteiger partial charge in [0.25, 0.3) is 0 Å². The molecule has 0 bridgehead atoms. The van der Waals surface area contributed by atoms with Crippen LogP contribution < -0.4 is 5.73 Å². The summed E-state index contributed by atoms with van der Waals surface area (Å²) in [6, 6.07) is 6.48. The molecule has 0 unspecified atom stereocenters. The molecule has 3 rings (SSSR count). The molecule has 3 aromatic rings. The lowest BCUT2D eigenvalue weighted by molar-refractivity contribution is -0.137. The van der Waals surface area contributed by atoms with E-state index in [2.05, 4.69) is 20.9 Å². The standard InChI is InChI=1S/C14H8BrF3N2O/c15-11-10(19)5-9(12-13(11)21-6-20-12)7-1-3-8(4-2-7)14(16,17)18/h1-6H,19H2. The van der Waals surface area contributed by atoms with Gasteiger partial charge in [-0.1, -0.05) is 12.1 Å². The fourth-order valence-electron chi connectivity index (χ4n) is 2.07. The van der Waals surface area contributed by atoms with Crippen molar-refractivity contribution < 1.29 is 17.6 Å². The Hall–Kier alpha value is -2.02. The van der Waals surface area contributed by atoms with Crippen LogP contribution in [0.1, 0.15) is 5.56 Å². The molecule has 21 heavy (non-hydrogen) atoms. The van der Waals surface area contributed by atoms with E-state index in [1.807, 2.05) is 0 Å². The fraction of sp³-hybridized carbons (Fsp3) is 0.0714. The number of oxazole rings is 1. The zero-order valence-electron chi connectivity index (χ0n) is 10.4. The topological polar surface area (TPSA) is 52.0 Å². The number of benzene rings is 2. The quantitative estimate of drug-likeness (QED) is 0.633. The molecule has 0 aliphatic rings. The zero-order chi connectivity index (χ0) is 15.2. The van der Waals surface area contributed by atoms with Crippen LogP contribution in [0.3, 0.4) is 0 Å². The number of hydrogen-bond acceptors (Lipinski definition) is 3. The van der Waals surface area contributed by atoms with E-state index in [4.69, 9.17) is 10.2 Å². The van der Waals surface area contributed by atoms with Gasteiger partial charge < -0.3 is 10.2 Å². The number of rotatable bonds is 1. The Balaban J connectivity index is 2.17. The van der Waals surface area contributed by atoms with Gasteiger partial charge in [-0.3, -0.25) is 0 Å². The van der Waals surface area contributed by atoms with Gasteiger partial charge in [0.05, 0.1) is 15.7 Å². The van der Waals surface area contributed by atoms with Crippen molar-refractivity contribution in [2.45, 2.75) is 6.18 Å². The second kappa shape index (κ2) is 4.77. The van der Waals surface area contributed by atoms with Crippen LogP contribution in [-0.4, -0.2) is 4.98 Å². The Bertz CT molecular complexity index is 809. The van der Waals surface area contributed by atoms with Crippen LogP contribution in [-0.2, 0) is 6.18 Å². The van der Waals surface area contributed by atoms with Crippen molar-refractivity contribution >= 4 is 32.7 Å². The fourth-order valence-corrected chi connectivity index (χ4v) is 2.47. The van der Waals surface area contributed by atoms with Gasteiger partial charge in [0.1, 0.15) is 5.52 Å². The SMILES string of the molecule is Nc1cc(-c2ccc(C(F)(F)F)cc2)c2ncoc2c1Br. The van der Waals surface area contributed by atoms with Crippen LogP contribution in [0.15, 0.2) is 45.6 Å². The molecule has 1 aromatic heterocycles. The smallest absolute Gasteiger partial charge is 0.416 e. The number of halogens is 4. The first-order valence-corrected chi connectivity index (χ1v) is 6.66. The van der Waals surface area contributed by atoms with Gasteiger partial charge in [-0.25, -0.2) is 4.98 Å². The highest BCUT2D eigenvalue weighted by Gasteiger charge is 2.30. The van der Waals surface area contributed by atoms with E-state index in [0.29, 0.717) is 32.4 Å². The van der Waals surface area contributed by atoms with Crippen molar-refractivity contribution in [3.8, 4) is 11.1 Å². The Labute approximate surface area is 125 Å². The maximum absolute atomic E-state index is 12.6. The molecule has 1 heterocycles. The van der Waals surface area contributed by atoms with Gasteiger partial charge in [-0.05, 0) is 39.7 Å². The molecule has 0 aliphatic heterocycles. The lowest BCUT2D eigenvalue weighted by Crippen LogP contribution is -2.04. The molecule has 0 radical (unpaired) electrons. The molecule has 0 aliphatic carbocycles. The van der Waals surface area contributed by atoms with E-state index < -0.39 is 11.7 Å². The number of alkyl halides is 3. The largest absolute Gasteiger partial charge is 0.442 e. The van der Waals surface area contributed by atoms with Gasteiger partial charge >= 0.3 is 6.18 Å². The average Bonchev–Trinajstić information content (AvgIpc) is 2.92. The molecule has 0 atom stereocenters. The first-order chi connectivity index (χ1) is 9.88. The Morgan fingerprint density at radius 2 is 1.81 bits per heavy atom. The van der Waals surface area contributed by atoms with Crippen molar-refractivity contribution in [1.29, 1.82) is 0 Å². The van der Waals surface area contributed by atoms with Crippen molar-refractivity contribution in [3.63, 3.8) is 0 Å². The van der Waals surface area contributed by atoms with E-state index >= 15 is 0 Å². The number of anilines is 1. The highest BCUT2D eigenvalue weighted by molar-refractivity contribution is 9.10. The molecular formula is C14H8BrF3N2O. The summed E-state index contributed by atoms with van der Waals surface area (Å²) in [5, 5.41) is 0. The lowest BCUT2D eigenvalue weighted by Gasteiger charge is -2.09. The summed E-state index contributed by atoms with van der Waals surface area (Å²) >= 11 is 3.30. The molecule has 0 fully saturated rings. The third-order valence-electron chi connectivity index (χ3n) is 3.10. The maximum Gasteiger partial charge on any atom is 0.416 e. The average molecular weight is 357 g/mol. The molecule has 2 aromatic carbocycles. The van der Waals surface area contributed by atoms with Crippen LogP contribution >= 0.6 is 15.9 Å². The second-order valence-corrected chi connectivity index (χ2v) is 5.23. The van der Waals surface area contributed by atoms with E-state index in [9.17, 15) is 13.2 Å². The summed E-state index contributed by atoms with van der Waals surface area (Å²) in [6.45, 7) is 0. The van der Waals surface area contributed by atoms with Crippen molar-refractivity contribution in [2.24, 2.45) is 0 Å². The van der Waals surface area contributed by atoms with Gasteiger partial charge in [0.15, 0.2) is 12.0 Å². The van der Waals surface area contributed by atoms with E-state index in [1.165, 1.54) is 18.5 Å². The summed E-state index contributed by atoms with van der Waals surface area (Å²) in [6.07, 6.45) is -3.09. The Kier molecular flexibility index (Phi) is 3.16. The number of fused-ring (bicyclic) bond motifs is 1. The zero-order valence-corrected chi connectivity index (χ0v) is 12.0. The van der Waals surface area contributed by atoms with Gasteiger partial charge in [-0.2, -0.15) is 13.2 Å². The highest BCUT2D eigenvalue weighted by Crippen LogP contribution is 2.38. The minimum atomic E-state index is -4.36. The van der Waals surface area contributed by atoms with Crippen molar-refractivity contribution in [1.82, 2.24) is 4.98 Å². The first kappa shape index (κ1) is 13.9. The number of nitrogens with two attached hydrogens (primary N) is 1. The molecule has 0 spiro atoms. The van der Waals surface area contributed by atoms with Crippen LogP contribution in [0.4, 0.5) is 18.9 Å². The van der Waals surface area contributed by atoms with Crippen molar-refractivity contribution in [3.05, 3.63) is 46.8 Å². The van der Waals surface area contributed by atoms with Gasteiger partial charge in [0, 0.05) is 5.56 Å². The van der Waals surface area contributed by atoms with E-state index in [1.54, 1.807) is 6.07 Å². The second-order valence-electron chi connectivity index (χ2n) is 4.43. The summed E-state index contributed by atoms with van der Waals surface area (Å²) in [7, 11) is 0. The third kappa shape index (κ3) is 2.37. The van der Waals surface area contributed by atoms with E-state index in [0.717, 1.165) is 12.1 Å². The Morgan fingerprint density at radius 3 is 2.43 bits per heavy atom. The summed E-state index contributed by atoms with van der Waals surface area (Å²) in [5.74, 6) is 0. The molecule has 0 amide bonds. The monoisotopic (exact) mass is 356 g/mol. The number of hydrogen-bond donors (Lipinski definition) is 1. The van der Waals surface area contributed by atoms with Gasteiger partial charge in [-0.15, -0.1) is 0 Å². The summed E-state index contributed by atoms with van der Waals surface area (Å²) < 4.78 is 43.6. The van der Waals surface area contributed by atoms with Crippen LogP contribution in [0.25, 0.3) is 22.2 Å². The maximum atomic E-state index is 12.6. The number of nitrogens with zero attached hydrogens (tertiary/aromatic N) is 1. The number of nitrogen functional groups attached to an aromatic ring is 1. The minimum absolute atomic E-state index is 0.425. The molecule has 0 saturated carbocycles. The molecule has 2 N–H and O–H groups in total. The predicted octanol–water partition coefficient (Wildman–Crippen LogP) is 4.86. The Morgan fingerprint density at radius 1 is 1.14 bits per heavy atom. The minimum Gasteiger partial charge on any atom is -0.442 e. The first-order valence-electron chi connectivity index (χ1n) is 5.86. The third-order valence-corrected chi connectivity index (χ3v) is 3.92. The summed E-state index contributed by atoms with van der Waals surface area (Å²) in [5.41, 5.74) is 7.80. The molecule has 3 nitrogen and oxygen atoms in total. The number of aromatic nitrogens is 1. The molecule has 7 heteroatoms. The van der Waals surface area contributed by atoms with Gasteiger partial charge in [0.2, 0.25) is 0 Å². The normalized spacial score (nSPS) is 12.0.